The zero-order valence-corrected chi connectivity index (χ0v) is 16.1. The average molecular weight is 368 g/mol. The summed E-state index contributed by atoms with van der Waals surface area (Å²) in [6, 6.07) is 10.4. The van der Waals surface area contributed by atoms with E-state index < -0.39 is 0 Å². The summed E-state index contributed by atoms with van der Waals surface area (Å²) in [5, 5.41) is 3.16. The maximum absolute atomic E-state index is 12.7. The lowest BCUT2D eigenvalue weighted by Gasteiger charge is -2.34. The summed E-state index contributed by atoms with van der Waals surface area (Å²) < 4.78 is 0. The number of carbonyl (C=O) groups excluding carboxylic acids is 1. The summed E-state index contributed by atoms with van der Waals surface area (Å²) in [6.07, 6.45) is 3.23. The lowest BCUT2D eigenvalue weighted by molar-refractivity contribution is 0.0627. The Balaban J connectivity index is 1.47. The molecule has 2 aromatic rings. The van der Waals surface area contributed by atoms with Gasteiger partial charge in [0.15, 0.2) is 0 Å². The van der Waals surface area contributed by atoms with Crippen molar-refractivity contribution < 1.29 is 4.79 Å². The number of carbonyl (C=O) groups is 1. The minimum Gasteiger partial charge on any atom is -0.353 e. The van der Waals surface area contributed by atoms with Gasteiger partial charge in [-0.3, -0.25) is 9.69 Å². The highest BCUT2D eigenvalue weighted by Crippen LogP contribution is 2.11. The number of aromatic nitrogens is 2. The van der Waals surface area contributed by atoms with Gasteiger partial charge in [0.1, 0.15) is 0 Å². The molecule has 1 N–H and O–H groups in total. The van der Waals surface area contributed by atoms with E-state index in [1.165, 1.54) is 5.56 Å². The summed E-state index contributed by atoms with van der Waals surface area (Å²) in [4.78, 5) is 27.6. The molecular weight excluding hydrogens is 340 g/mol. The fraction of sp³-hybridized carbons (Fsp3) is 0.450. The van der Waals surface area contributed by atoms with Gasteiger partial charge < -0.3 is 15.1 Å². The summed E-state index contributed by atoms with van der Waals surface area (Å²) >= 11 is 0. The second kappa shape index (κ2) is 9.43. The van der Waals surface area contributed by atoms with Gasteiger partial charge in [0.25, 0.3) is 5.91 Å². The molecule has 2 heterocycles. The molecule has 1 saturated heterocycles. The van der Waals surface area contributed by atoms with E-state index in [-0.39, 0.29) is 5.91 Å². The molecule has 0 saturated carbocycles. The molecule has 1 aliphatic heterocycles. The first-order chi connectivity index (χ1) is 13.1. The van der Waals surface area contributed by atoms with Crippen LogP contribution >= 0.6 is 0 Å². The Hall–Kier alpha value is -2.51. The van der Waals surface area contributed by atoms with Crippen LogP contribution in [0.2, 0.25) is 0 Å². The number of piperazine rings is 1. The Kier molecular flexibility index (Phi) is 6.73. The minimum atomic E-state index is 0.00852. The van der Waals surface area contributed by atoms with Gasteiger partial charge in [0, 0.05) is 58.2 Å². The zero-order valence-electron chi connectivity index (χ0n) is 16.1. The number of nitrogens with zero attached hydrogens (tertiary/aromatic N) is 5. The van der Waals surface area contributed by atoms with Crippen molar-refractivity contribution in [2.75, 3.05) is 58.7 Å². The van der Waals surface area contributed by atoms with Crippen molar-refractivity contribution in [1.82, 2.24) is 24.7 Å². The molecule has 0 spiro atoms. The lowest BCUT2D eigenvalue weighted by Crippen LogP contribution is -2.48. The van der Waals surface area contributed by atoms with Crippen LogP contribution in [0, 0.1) is 0 Å². The van der Waals surface area contributed by atoms with Crippen molar-refractivity contribution >= 4 is 11.9 Å². The van der Waals surface area contributed by atoms with Crippen LogP contribution in [0.25, 0.3) is 0 Å². The second-order valence-electron chi connectivity index (χ2n) is 7.08. The van der Waals surface area contributed by atoms with Crippen molar-refractivity contribution in [1.29, 1.82) is 0 Å². The first kappa shape index (κ1) is 19.3. The Morgan fingerprint density at radius 2 is 1.74 bits per heavy atom. The maximum atomic E-state index is 12.7. The van der Waals surface area contributed by atoms with E-state index in [9.17, 15) is 4.79 Å². The number of hydrogen-bond acceptors (Lipinski definition) is 6. The zero-order chi connectivity index (χ0) is 19.1. The molecule has 27 heavy (non-hydrogen) atoms. The molecule has 7 nitrogen and oxygen atoms in total. The molecule has 144 valence electrons. The lowest BCUT2D eigenvalue weighted by atomic mass is 10.2. The Morgan fingerprint density at radius 3 is 2.37 bits per heavy atom. The van der Waals surface area contributed by atoms with Crippen LogP contribution in [0.1, 0.15) is 15.9 Å². The third-order valence-corrected chi connectivity index (χ3v) is 4.65. The van der Waals surface area contributed by atoms with Crippen molar-refractivity contribution in [3.63, 3.8) is 0 Å². The Morgan fingerprint density at radius 1 is 1.07 bits per heavy atom. The minimum absolute atomic E-state index is 0.00852. The molecule has 0 radical (unpaired) electrons. The number of likely N-dealkylation sites (N-methyl/N-ethyl adjacent to an activating group) is 1. The fourth-order valence-corrected chi connectivity index (χ4v) is 3.05. The molecule has 1 aromatic heterocycles. The number of nitrogens with one attached hydrogen (secondary N) is 1. The first-order valence-electron chi connectivity index (χ1n) is 9.38. The molecule has 1 aliphatic rings. The quantitative estimate of drug-likeness (QED) is 0.797. The van der Waals surface area contributed by atoms with Gasteiger partial charge in [-0.05, 0) is 19.7 Å². The molecule has 0 atom stereocenters. The predicted octanol–water partition coefficient (Wildman–Crippen LogP) is 1.41. The highest BCUT2D eigenvalue weighted by molar-refractivity contribution is 5.93. The summed E-state index contributed by atoms with van der Waals surface area (Å²) in [7, 11) is 4.04. The molecule has 0 bridgehead atoms. The van der Waals surface area contributed by atoms with Gasteiger partial charge in [0.05, 0.1) is 5.56 Å². The molecule has 1 fully saturated rings. The van der Waals surface area contributed by atoms with Crippen LogP contribution in [0.5, 0.6) is 0 Å². The van der Waals surface area contributed by atoms with Crippen LogP contribution in [-0.4, -0.2) is 83.9 Å². The van der Waals surface area contributed by atoms with Gasteiger partial charge in [-0.15, -0.1) is 0 Å². The number of rotatable bonds is 7. The van der Waals surface area contributed by atoms with Crippen LogP contribution in [0.4, 0.5) is 5.95 Å². The topological polar surface area (TPSA) is 64.6 Å². The number of benzene rings is 1. The summed E-state index contributed by atoms with van der Waals surface area (Å²) in [5.74, 6) is 0.565. The SMILES string of the molecule is CN(C)CCNc1ncc(C(=O)N2CCN(Cc3ccccc3)CC2)cn1. The highest BCUT2D eigenvalue weighted by Gasteiger charge is 2.22. The van der Waals surface area contributed by atoms with E-state index in [0.29, 0.717) is 11.5 Å². The van der Waals surface area contributed by atoms with Crippen molar-refractivity contribution in [3.05, 3.63) is 53.9 Å². The molecule has 1 aromatic carbocycles. The van der Waals surface area contributed by atoms with E-state index in [4.69, 9.17) is 0 Å². The number of anilines is 1. The number of hydrogen-bond donors (Lipinski definition) is 1. The summed E-state index contributed by atoms with van der Waals surface area (Å²) in [6.45, 7) is 5.82. The Bertz CT molecular complexity index is 711. The molecular formula is C20H28N6O. The van der Waals surface area contributed by atoms with E-state index >= 15 is 0 Å². The molecule has 3 rings (SSSR count). The monoisotopic (exact) mass is 368 g/mol. The standard InChI is InChI=1S/C20H28N6O/c1-24(2)9-8-21-20-22-14-18(15-23-20)19(27)26-12-10-25(11-13-26)16-17-6-4-3-5-7-17/h3-7,14-15H,8-13,16H2,1-2H3,(H,21,22,23). The van der Waals surface area contributed by atoms with Gasteiger partial charge in [-0.2, -0.15) is 0 Å². The van der Waals surface area contributed by atoms with E-state index in [1.807, 2.05) is 25.1 Å². The van der Waals surface area contributed by atoms with E-state index in [1.54, 1.807) is 12.4 Å². The number of amides is 1. The summed E-state index contributed by atoms with van der Waals surface area (Å²) in [5.41, 5.74) is 1.85. The molecule has 7 heteroatoms. The predicted molar refractivity (Wildman–Crippen MR) is 107 cm³/mol. The second-order valence-corrected chi connectivity index (χ2v) is 7.08. The van der Waals surface area contributed by atoms with Crippen molar-refractivity contribution in [2.45, 2.75) is 6.54 Å². The van der Waals surface area contributed by atoms with Crippen molar-refractivity contribution in [3.8, 4) is 0 Å². The van der Waals surface area contributed by atoms with Gasteiger partial charge in [-0.1, -0.05) is 30.3 Å². The first-order valence-corrected chi connectivity index (χ1v) is 9.38. The van der Waals surface area contributed by atoms with Crippen LogP contribution < -0.4 is 5.32 Å². The highest BCUT2D eigenvalue weighted by atomic mass is 16.2. The molecule has 0 unspecified atom stereocenters. The molecule has 1 amide bonds. The third-order valence-electron chi connectivity index (χ3n) is 4.65. The van der Waals surface area contributed by atoms with Crippen LogP contribution in [-0.2, 0) is 6.54 Å². The third kappa shape index (κ3) is 5.74. The smallest absolute Gasteiger partial charge is 0.257 e. The Labute approximate surface area is 161 Å². The van der Waals surface area contributed by atoms with Crippen molar-refractivity contribution in [2.24, 2.45) is 0 Å². The fourth-order valence-electron chi connectivity index (χ4n) is 3.05. The van der Waals surface area contributed by atoms with E-state index in [0.717, 1.165) is 45.8 Å². The largest absolute Gasteiger partial charge is 0.353 e. The van der Waals surface area contributed by atoms with Crippen LogP contribution in [0.15, 0.2) is 42.7 Å². The van der Waals surface area contributed by atoms with Gasteiger partial charge in [-0.25, -0.2) is 9.97 Å². The van der Waals surface area contributed by atoms with Gasteiger partial charge >= 0.3 is 0 Å². The van der Waals surface area contributed by atoms with E-state index in [2.05, 4.69) is 49.4 Å². The normalized spacial score (nSPS) is 15.1. The maximum Gasteiger partial charge on any atom is 0.257 e. The van der Waals surface area contributed by atoms with Crippen LogP contribution in [0.3, 0.4) is 0 Å². The average Bonchev–Trinajstić information content (AvgIpc) is 2.69. The molecule has 0 aliphatic carbocycles. The van der Waals surface area contributed by atoms with Gasteiger partial charge in [0.2, 0.25) is 5.95 Å².